The highest BCUT2D eigenvalue weighted by molar-refractivity contribution is 6.31. The third kappa shape index (κ3) is 4.35. The molecule has 3 nitrogen and oxygen atoms in total. The number of ether oxygens (including phenoxy) is 1. The number of amides is 1. The molecular formula is C21H24ClNO2. The summed E-state index contributed by atoms with van der Waals surface area (Å²) >= 11 is 6.17. The van der Waals surface area contributed by atoms with Crippen molar-refractivity contribution in [1.82, 2.24) is 5.32 Å². The summed E-state index contributed by atoms with van der Waals surface area (Å²) in [7, 11) is 0. The van der Waals surface area contributed by atoms with E-state index in [2.05, 4.69) is 31.3 Å². The molecule has 0 fully saturated rings. The molecule has 1 heterocycles. The van der Waals surface area contributed by atoms with Crippen LogP contribution in [-0.4, -0.2) is 11.5 Å². The summed E-state index contributed by atoms with van der Waals surface area (Å²) < 4.78 is 6.09. The van der Waals surface area contributed by atoms with Crippen LogP contribution in [0.5, 0.6) is 5.75 Å². The van der Waals surface area contributed by atoms with E-state index in [1.54, 1.807) is 0 Å². The van der Waals surface area contributed by atoms with Crippen molar-refractivity contribution in [3.63, 3.8) is 0 Å². The first-order valence-corrected chi connectivity index (χ1v) is 9.04. The molecule has 1 amide bonds. The van der Waals surface area contributed by atoms with Gasteiger partial charge >= 0.3 is 0 Å². The zero-order valence-corrected chi connectivity index (χ0v) is 15.7. The lowest BCUT2D eigenvalue weighted by atomic mass is 9.89. The Balaban J connectivity index is 1.70. The van der Waals surface area contributed by atoms with Gasteiger partial charge in [0.15, 0.2) is 0 Å². The van der Waals surface area contributed by atoms with Gasteiger partial charge in [-0.1, -0.05) is 41.9 Å². The van der Waals surface area contributed by atoms with Gasteiger partial charge in [0.25, 0.3) is 0 Å². The molecule has 0 aliphatic carbocycles. The van der Waals surface area contributed by atoms with Gasteiger partial charge in [0.1, 0.15) is 11.4 Å². The van der Waals surface area contributed by atoms with Crippen LogP contribution in [0.1, 0.15) is 49.4 Å². The predicted molar refractivity (Wildman–Crippen MR) is 101 cm³/mol. The normalized spacial score (nSPS) is 18.2. The Hall–Kier alpha value is -2.00. The number of nitrogens with one attached hydrogen (secondary N) is 1. The summed E-state index contributed by atoms with van der Waals surface area (Å²) in [6, 6.07) is 13.8. The van der Waals surface area contributed by atoms with E-state index in [-0.39, 0.29) is 17.6 Å². The molecule has 4 heteroatoms. The highest BCUT2D eigenvalue weighted by Gasteiger charge is 2.34. The summed E-state index contributed by atoms with van der Waals surface area (Å²) in [6.45, 7) is 6.16. The Kier molecular flexibility index (Phi) is 5.05. The quantitative estimate of drug-likeness (QED) is 0.836. The molecule has 0 saturated heterocycles. The molecule has 25 heavy (non-hydrogen) atoms. The van der Waals surface area contributed by atoms with Crippen LogP contribution in [0.3, 0.4) is 0 Å². The second-order valence-corrected chi connectivity index (χ2v) is 7.73. The van der Waals surface area contributed by atoms with Crippen LogP contribution in [0.25, 0.3) is 0 Å². The molecule has 1 atom stereocenters. The Labute approximate surface area is 154 Å². The van der Waals surface area contributed by atoms with Crippen LogP contribution in [0, 0.1) is 6.92 Å². The van der Waals surface area contributed by atoms with Crippen molar-refractivity contribution >= 4 is 17.5 Å². The van der Waals surface area contributed by atoms with Gasteiger partial charge in [-0.2, -0.15) is 0 Å². The van der Waals surface area contributed by atoms with Crippen molar-refractivity contribution in [1.29, 1.82) is 0 Å². The first kappa shape index (κ1) is 17.8. The van der Waals surface area contributed by atoms with Gasteiger partial charge in [0.2, 0.25) is 5.91 Å². The third-order valence-corrected chi connectivity index (χ3v) is 4.91. The lowest BCUT2D eigenvalue weighted by Crippen LogP contribution is -2.41. The first-order chi connectivity index (χ1) is 11.8. The second kappa shape index (κ2) is 7.09. The highest BCUT2D eigenvalue weighted by atomic mass is 35.5. The summed E-state index contributed by atoms with van der Waals surface area (Å²) in [4.78, 5) is 12.5. The molecule has 0 spiro atoms. The molecule has 0 aromatic heterocycles. The molecule has 1 unspecified atom stereocenters. The van der Waals surface area contributed by atoms with E-state index in [1.807, 2.05) is 37.3 Å². The number of halogens is 1. The van der Waals surface area contributed by atoms with Crippen molar-refractivity contribution < 1.29 is 9.53 Å². The largest absolute Gasteiger partial charge is 0.487 e. The number of carbonyl (C=O) groups excluding carboxylic acids is 1. The van der Waals surface area contributed by atoms with Gasteiger partial charge in [-0.05, 0) is 50.5 Å². The van der Waals surface area contributed by atoms with Gasteiger partial charge in [-0.15, -0.1) is 0 Å². The fraction of sp³-hybridized carbons (Fsp3) is 0.381. The Morgan fingerprint density at radius 3 is 2.80 bits per heavy atom. The van der Waals surface area contributed by atoms with Crippen LogP contribution < -0.4 is 10.1 Å². The number of aryl methyl sites for hydroxylation is 2. The number of rotatable bonds is 4. The fourth-order valence-corrected chi connectivity index (χ4v) is 3.53. The van der Waals surface area contributed by atoms with Crippen molar-refractivity contribution in [2.24, 2.45) is 0 Å². The van der Waals surface area contributed by atoms with Crippen molar-refractivity contribution in [2.75, 3.05) is 0 Å². The molecule has 132 valence electrons. The number of hydrogen-bond acceptors (Lipinski definition) is 2. The Morgan fingerprint density at radius 1 is 1.28 bits per heavy atom. The third-order valence-electron chi connectivity index (χ3n) is 4.54. The molecule has 0 bridgehead atoms. The van der Waals surface area contributed by atoms with Gasteiger partial charge in [-0.3, -0.25) is 4.79 Å². The maximum atomic E-state index is 12.5. The highest BCUT2D eigenvalue weighted by Crippen LogP contribution is 2.39. The summed E-state index contributed by atoms with van der Waals surface area (Å²) in [5.41, 5.74) is 2.90. The van der Waals surface area contributed by atoms with Gasteiger partial charge in [-0.25, -0.2) is 0 Å². The van der Waals surface area contributed by atoms with Crippen LogP contribution >= 0.6 is 11.6 Å². The maximum absolute atomic E-state index is 12.5. The first-order valence-electron chi connectivity index (χ1n) is 8.66. The van der Waals surface area contributed by atoms with Crippen molar-refractivity contribution in [2.45, 2.75) is 51.7 Å². The van der Waals surface area contributed by atoms with E-state index in [1.165, 1.54) is 0 Å². The number of benzene rings is 2. The molecule has 1 aliphatic rings. The van der Waals surface area contributed by atoms with E-state index < -0.39 is 0 Å². The van der Waals surface area contributed by atoms with Crippen LogP contribution in [0.15, 0.2) is 42.5 Å². The molecular weight excluding hydrogens is 334 g/mol. The molecule has 2 aromatic carbocycles. The lowest BCUT2D eigenvalue weighted by Gasteiger charge is -2.38. The average molecular weight is 358 g/mol. The van der Waals surface area contributed by atoms with Gasteiger partial charge < -0.3 is 10.1 Å². The Morgan fingerprint density at radius 2 is 2.04 bits per heavy atom. The monoisotopic (exact) mass is 357 g/mol. The smallest absolute Gasteiger partial charge is 0.220 e. The zero-order chi connectivity index (χ0) is 18.0. The minimum Gasteiger partial charge on any atom is -0.487 e. The van der Waals surface area contributed by atoms with E-state index in [0.717, 1.165) is 28.9 Å². The maximum Gasteiger partial charge on any atom is 0.220 e. The zero-order valence-electron chi connectivity index (χ0n) is 14.9. The minimum atomic E-state index is -0.304. The van der Waals surface area contributed by atoms with Crippen LogP contribution in [-0.2, 0) is 11.2 Å². The predicted octanol–water partition coefficient (Wildman–Crippen LogP) is 5.00. The number of hydrogen-bond donors (Lipinski definition) is 1. The summed E-state index contributed by atoms with van der Waals surface area (Å²) in [5, 5.41) is 3.89. The molecule has 0 radical (unpaired) electrons. The number of carbonyl (C=O) groups is 1. The lowest BCUT2D eigenvalue weighted by molar-refractivity contribution is -0.122. The second-order valence-electron chi connectivity index (χ2n) is 7.32. The van der Waals surface area contributed by atoms with Crippen molar-refractivity contribution in [3.8, 4) is 5.75 Å². The fourth-order valence-electron chi connectivity index (χ4n) is 3.30. The van der Waals surface area contributed by atoms with E-state index in [9.17, 15) is 4.79 Å². The summed E-state index contributed by atoms with van der Waals surface area (Å²) in [6.07, 6.45) is 1.81. The molecule has 2 aromatic rings. The van der Waals surface area contributed by atoms with Gasteiger partial charge in [0, 0.05) is 23.4 Å². The van der Waals surface area contributed by atoms with E-state index in [0.29, 0.717) is 17.9 Å². The molecule has 3 rings (SSSR count). The standard InChI is InChI=1S/C21H24ClNO2/c1-14-8-10-16-18(13-21(2,3)25-19(16)12-14)23-20(24)11-9-15-6-4-5-7-17(15)22/h4-8,10,12,18H,9,11,13H2,1-3H3,(H,23,24). The molecule has 0 saturated carbocycles. The topological polar surface area (TPSA) is 38.3 Å². The van der Waals surface area contributed by atoms with Crippen LogP contribution in [0.2, 0.25) is 5.02 Å². The van der Waals surface area contributed by atoms with E-state index >= 15 is 0 Å². The minimum absolute atomic E-state index is 0.0295. The molecule has 1 aliphatic heterocycles. The van der Waals surface area contributed by atoms with Crippen LogP contribution in [0.4, 0.5) is 0 Å². The Bertz CT molecular complexity index is 785. The van der Waals surface area contributed by atoms with Crippen molar-refractivity contribution in [3.05, 3.63) is 64.2 Å². The SMILES string of the molecule is Cc1ccc2c(c1)OC(C)(C)CC2NC(=O)CCc1ccccc1Cl. The molecule has 1 N–H and O–H groups in total. The van der Waals surface area contributed by atoms with Gasteiger partial charge in [0.05, 0.1) is 6.04 Å². The summed E-state index contributed by atoms with van der Waals surface area (Å²) in [5.74, 6) is 0.904. The number of fused-ring (bicyclic) bond motifs is 1. The van der Waals surface area contributed by atoms with E-state index in [4.69, 9.17) is 16.3 Å². The average Bonchev–Trinajstić information content (AvgIpc) is 2.52.